The first kappa shape index (κ1) is 14.1. The lowest BCUT2D eigenvalue weighted by atomic mass is 9.99. The molecule has 0 bridgehead atoms. The molecule has 2 heterocycles. The number of nitrogens with one attached hydrogen (secondary N) is 1. The normalized spacial score (nSPS) is 22.6. The fraction of sp³-hybridized carbons (Fsp3) is 0.500. The summed E-state index contributed by atoms with van der Waals surface area (Å²) in [6.07, 6.45) is 2.17. The largest absolute Gasteiger partial charge is 0.335 e. The number of hydrogen-bond acceptors (Lipinski definition) is 4. The van der Waals surface area contributed by atoms with Crippen LogP contribution in [0.4, 0.5) is 5.95 Å². The van der Waals surface area contributed by atoms with E-state index < -0.39 is 0 Å². The molecule has 2 unspecified atom stereocenters. The highest BCUT2D eigenvalue weighted by Crippen LogP contribution is 2.26. The SMILES string of the molecule is Cc1cccc(-c2nc(N3CCCC(N)C3C)n[nH]2)c1C. The van der Waals surface area contributed by atoms with Crippen molar-refractivity contribution in [1.82, 2.24) is 15.2 Å². The van der Waals surface area contributed by atoms with Crippen molar-refractivity contribution in [3.05, 3.63) is 29.3 Å². The predicted molar refractivity (Wildman–Crippen MR) is 85.3 cm³/mol. The first-order valence-corrected chi connectivity index (χ1v) is 7.59. The molecule has 1 aromatic carbocycles. The van der Waals surface area contributed by atoms with E-state index in [0.717, 1.165) is 36.7 Å². The third-order valence-corrected chi connectivity index (χ3v) is 4.64. The van der Waals surface area contributed by atoms with Crippen LogP contribution in [0, 0.1) is 13.8 Å². The van der Waals surface area contributed by atoms with Gasteiger partial charge in [0, 0.05) is 24.2 Å². The summed E-state index contributed by atoms with van der Waals surface area (Å²) in [6, 6.07) is 6.72. The maximum Gasteiger partial charge on any atom is 0.245 e. The average Bonchev–Trinajstić information content (AvgIpc) is 2.94. The Kier molecular flexibility index (Phi) is 3.68. The number of hydrogen-bond donors (Lipinski definition) is 2. The van der Waals surface area contributed by atoms with Gasteiger partial charge < -0.3 is 10.6 Å². The Labute approximate surface area is 125 Å². The lowest BCUT2D eigenvalue weighted by Crippen LogP contribution is -2.50. The molecular formula is C16H23N5. The molecule has 0 radical (unpaired) electrons. The Morgan fingerprint density at radius 3 is 2.95 bits per heavy atom. The summed E-state index contributed by atoms with van der Waals surface area (Å²) in [7, 11) is 0. The molecule has 0 aliphatic carbocycles. The molecule has 0 saturated carbocycles. The average molecular weight is 285 g/mol. The van der Waals surface area contributed by atoms with Gasteiger partial charge in [-0.15, -0.1) is 5.10 Å². The summed E-state index contributed by atoms with van der Waals surface area (Å²) in [5, 5.41) is 7.49. The first-order chi connectivity index (χ1) is 10.1. The molecule has 0 spiro atoms. The number of aryl methyl sites for hydroxylation is 1. The second kappa shape index (κ2) is 5.48. The van der Waals surface area contributed by atoms with Crippen LogP contribution in [0.5, 0.6) is 0 Å². The highest BCUT2D eigenvalue weighted by atomic mass is 15.4. The second-order valence-electron chi connectivity index (χ2n) is 5.97. The van der Waals surface area contributed by atoms with Crippen LogP contribution in [-0.2, 0) is 0 Å². The van der Waals surface area contributed by atoms with Gasteiger partial charge in [-0.25, -0.2) is 0 Å². The van der Waals surface area contributed by atoms with E-state index in [4.69, 9.17) is 10.7 Å². The highest BCUT2D eigenvalue weighted by Gasteiger charge is 2.27. The van der Waals surface area contributed by atoms with Gasteiger partial charge in [0.25, 0.3) is 0 Å². The monoisotopic (exact) mass is 285 g/mol. The number of benzene rings is 1. The van der Waals surface area contributed by atoms with E-state index in [9.17, 15) is 0 Å². The Morgan fingerprint density at radius 2 is 2.14 bits per heavy atom. The van der Waals surface area contributed by atoms with Crippen molar-refractivity contribution < 1.29 is 0 Å². The zero-order valence-corrected chi connectivity index (χ0v) is 12.9. The summed E-state index contributed by atoms with van der Waals surface area (Å²) >= 11 is 0. The maximum atomic E-state index is 6.16. The summed E-state index contributed by atoms with van der Waals surface area (Å²) < 4.78 is 0. The van der Waals surface area contributed by atoms with Crippen LogP contribution in [0.25, 0.3) is 11.4 Å². The Bertz CT molecular complexity index is 633. The van der Waals surface area contributed by atoms with E-state index in [0.29, 0.717) is 0 Å². The van der Waals surface area contributed by atoms with Gasteiger partial charge in [-0.2, -0.15) is 4.98 Å². The number of rotatable bonds is 2. The molecule has 1 aromatic heterocycles. The molecule has 112 valence electrons. The second-order valence-corrected chi connectivity index (χ2v) is 5.97. The van der Waals surface area contributed by atoms with Crippen molar-refractivity contribution in [1.29, 1.82) is 0 Å². The molecule has 5 nitrogen and oxygen atoms in total. The Hall–Kier alpha value is -1.88. The van der Waals surface area contributed by atoms with Crippen LogP contribution < -0.4 is 10.6 Å². The van der Waals surface area contributed by atoms with Crippen LogP contribution in [0.3, 0.4) is 0 Å². The fourth-order valence-corrected chi connectivity index (χ4v) is 2.96. The molecule has 3 N–H and O–H groups in total. The van der Waals surface area contributed by atoms with Crippen molar-refractivity contribution in [3.63, 3.8) is 0 Å². The van der Waals surface area contributed by atoms with E-state index in [2.05, 4.69) is 54.1 Å². The Morgan fingerprint density at radius 1 is 1.33 bits per heavy atom. The van der Waals surface area contributed by atoms with Gasteiger partial charge in [-0.3, -0.25) is 5.10 Å². The molecule has 2 aromatic rings. The van der Waals surface area contributed by atoms with E-state index in [-0.39, 0.29) is 12.1 Å². The minimum atomic E-state index is 0.196. The molecule has 1 fully saturated rings. The van der Waals surface area contributed by atoms with Crippen molar-refractivity contribution in [2.45, 2.75) is 45.7 Å². The van der Waals surface area contributed by atoms with E-state index in [1.165, 1.54) is 11.1 Å². The molecule has 2 atom stereocenters. The van der Waals surface area contributed by atoms with E-state index in [1.807, 2.05) is 0 Å². The number of aromatic amines is 1. The number of anilines is 1. The fourth-order valence-electron chi connectivity index (χ4n) is 2.96. The molecular weight excluding hydrogens is 262 g/mol. The lowest BCUT2D eigenvalue weighted by molar-refractivity contribution is 0.416. The van der Waals surface area contributed by atoms with Gasteiger partial charge >= 0.3 is 0 Å². The third kappa shape index (κ3) is 2.53. The summed E-state index contributed by atoms with van der Waals surface area (Å²) in [6.45, 7) is 7.35. The molecule has 5 heteroatoms. The number of nitrogens with zero attached hydrogens (tertiary/aromatic N) is 3. The first-order valence-electron chi connectivity index (χ1n) is 7.59. The van der Waals surface area contributed by atoms with Crippen LogP contribution >= 0.6 is 0 Å². The number of H-pyrrole nitrogens is 1. The molecule has 0 amide bonds. The van der Waals surface area contributed by atoms with Crippen molar-refractivity contribution >= 4 is 5.95 Å². The van der Waals surface area contributed by atoms with Gasteiger partial charge in [-0.05, 0) is 44.7 Å². The zero-order chi connectivity index (χ0) is 15.0. The van der Waals surface area contributed by atoms with Gasteiger partial charge in [-0.1, -0.05) is 18.2 Å². The van der Waals surface area contributed by atoms with Gasteiger partial charge in [0.05, 0.1) is 0 Å². The molecule has 21 heavy (non-hydrogen) atoms. The third-order valence-electron chi connectivity index (χ3n) is 4.64. The van der Waals surface area contributed by atoms with Crippen LogP contribution in [0.1, 0.15) is 30.9 Å². The highest BCUT2D eigenvalue weighted by molar-refractivity contribution is 5.62. The topological polar surface area (TPSA) is 70.8 Å². The lowest BCUT2D eigenvalue weighted by Gasteiger charge is -2.36. The van der Waals surface area contributed by atoms with Gasteiger partial charge in [0.2, 0.25) is 5.95 Å². The minimum Gasteiger partial charge on any atom is -0.335 e. The van der Waals surface area contributed by atoms with Gasteiger partial charge in [0.1, 0.15) is 0 Å². The quantitative estimate of drug-likeness (QED) is 0.889. The van der Waals surface area contributed by atoms with E-state index >= 15 is 0 Å². The zero-order valence-electron chi connectivity index (χ0n) is 12.9. The van der Waals surface area contributed by atoms with Crippen molar-refractivity contribution in [2.75, 3.05) is 11.4 Å². The molecule has 1 aliphatic rings. The van der Waals surface area contributed by atoms with Crippen LogP contribution in [0.15, 0.2) is 18.2 Å². The minimum absolute atomic E-state index is 0.196. The molecule has 3 rings (SSSR count). The smallest absolute Gasteiger partial charge is 0.245 e. The molecule has 1 aliphatic heterocycles. The molecule has 1 saturated heterocycles. The Balaban J connectivity index is 1.91. The number of piperidine rings is 1. The summed E-state index contributed by atoms with van der Waals surface area (Å²) in [4.78, 5) is 6.90. The summed E-state index contributed by atoms with van der Waals surface area (Å²) in [5.41, 5.74) is 9.78. The van der Waals surface area contributed by atoms with E-state index in [1.54, 1.807) is 0 Å². The maximum absolute atomic E-state index is 6.16. The van der Waals surface area contributed by atoms with Gasteiger partial charge in [0.15, 0.2) is 5.82 Å². The summed E-state index contributed by atoms with van der Waals surface area (Å²) in [5.74, 6) is 1.59. The number of nitrogens with two attached hydrogens (primary N) is 1. The van der Waals surface area contributed by atoms with Crippen LogP contribution in [0.2, 0.25) is 0 Å². The standard InChI is InChI=1S/C16H23N5/c1-10-6-4-7-13(11(10)2)15-18-16(20-19-15)21-9-5-8-14(17)12(21)3/h4,6-7,12,14H,5,8-9,17H2,1-3H3,(H,18,19,20). The van der Waals surface area contributed by atoms with Crippen LogP contribution in [-0.4, -0.2) is 33.8 Å². The predicted octanol–water partition coefficient (Wildman–Crippen LogP) is 2.40. The van der Waals surface area contributed by atoms with Crippen molar-refractivity contribution in [3.8, 4) is 11.4 Å². The van der Waals surface area contributed by atoms with Crippen molar-refractivity contribution in [2.24, 2.45) is 5.73 Å². The number of aromatic nitrogens is 3.